The van der Waals surface area contributed by atoms with E-state index in [1.54, 1.807) is 0 Å². The Hall–Kier alpha value is -1.33. The largest absolute Gasteiger partial charge is 0.340 e. The van der Waals surface area contributed by atoms with E-state index in [9.17, 15) is 0 Å². The zero-order chi connectivity index (χ0) is 12.4. The Labute approximate surface area is 110 Å². The van der Waals surface area contributed by atoms with Gasteiger partial charge in [-0.1, -0.05) is 23.4 Å². The molecule has 0 aliphatic carbocycles. The second-order valence-corrected chi connectivity index (χ2v) is 5.40. The lowest BCUT2D eigenvalue weighted by molar-refractivity contribution is 0.386. The second-order valence-electron chi connectivity index (χ2n) is 4.34. The fourth-order valence-corrected chi connectivity index (χ4v) is 3.33. The number of hydrogen-bond acceptors (Lipinski definition) is 5. The van der Waals surface area contributed by atoms with Gasteiger partial charge in [0.1, 0.15) is 0 Å². The van der Waals surface area contributed by atoms with Gasteiger partial charge in [0.15, 0.2) is 5.82 Å². The Morgan fingerprint density at radius 2 is 2.33 bits per heavy atom. The van der Waals surface area contributed by atoms with E-state index in [1.807, 2.05) is 18.7 Å². The lowest BCUT2D eigenvalue weighted by atomic mass is 10.1. The van der Waals surface area contributed by atoms with Gasteiger partial charge in [0.25, 0.3) is 0 Å². The van der Waals surface area contributed by atoms with Crippen molar-refractivity contribution in [1.29, 1.82) is 0 Å². The van der Waals surface area contributed by atoms with Gasteiger partial charge in [0, 0.05) is 36.6 Å². The summed E-state index contributed by atoms with van der Waals surface area (Å²) >= 11 is 1.91. The van der Waals surface area contributed by atoms with Crippen LogP contribution < -0.4 is 5.32 Å². The average molecular weight is 261 g/mol. The third-order valence-corrected chi connectivity index (χ3v) is 4.19. The van der Waals surface area contributed by atoms with Crippen LogP contribution in [0.4, 0.5) is 0 Å². The molecule has 1 aliphatic heterocycles. The fraction of sp³-hybridized carbons (Fsp3) is 0.385. The number of thioether (sulfide) groups is 1. The molecule has 1 aromatic carbocycles. The number of hydrogen-bond donors (Lipinski definition) is 1. The maximum atomic E-state index is 4.95. The van der Waals surface area contributed by atoms with Gasteiger partial charge in [0.2, 0.25) is 5.89 Å². The monoisotopic (exact) mass is 261 g/mol. The van der Waals surface area contributed by atoms with Crippen molar-refractivity contribution in [3.63, 3.8) is 0 Å². The summed E-state index contributed by atoms with van der Waals surface area (Å²) in [6, 6.07) is 9.02. The molecule has 2 aromatic rings. The minimum absolute atomic E-state index is 0.444. The minimum atomic E-state index is 0.444. The smallest absolute Gasteiger partial charge is 0.223 e. The number of benzene rings is 1. The molecule has 0 saturated heterocycles. The quantitative estimate of drug-likeness (QED) is 0.915. The van der Waals surface area contributed by atoms with Crippen molar-refractivity contribution in [3.8, 4) is 0 Å². The number of aryl methyl sites for hydroxylation is 1. The zero-order valence-corrected chi connectivity index (χ0v) is 11.0. The molecular formula is C13H15N3OS. The van der Waals surface area contributed by atoms with Crippen LogP contribution in [0.15, 0.2) is 33.7 Å². The maximum Gasteiger partial charge on any atom is 0.223 e. The van der Waals surface area contributed by atoms with Crippen LogP contribution in [-0.2, 0) is 6.42 Å². The van der Waals surface area contributed by atoms with Crippen LogP contribution in [0.5, 0.6) is 0 Å². The molecule has 0 fully saturated rings. The van der Waals surface area contributed by atoms with Crippen LogP contribution >= 0.6 is 11.8 Å². The molecule has 4 nitrogen and oxygen atoms in total. The molecule has 1 aliphatic rings. The van der Waals surface area contributed by atoms with Crippen LogP contribution in [-0.4, -0.2) is 22.4 Å². The predicted molar refractivity (Wildman–Crippen MR) is 70.6 cm³/mol. The van der Waals surface area contributed by atoms with Crippen molar-refractivity contribution in [2.75, 3.05) is 12.3 Å². The van der Waals surface area contributed by atoms with Gasteiger partial charge in [-0.3, -0.25) is 0 Å². The van der Waals surface area contributed by atoms with E-state index in [0.29, 0.717) is 11.9 Å². The van der Waals surface area contributed by atoms with Crippen LogP contribution in [0.3, 0.4) is 0 Å². The second kappa shape index (κ2) is 5.12. The Morgan fingerprint density at radius 3 is 3.17 bits per heavy atom. The Bertz CT molecular complexity index is 541. The van der Waals surface area contributed by atoms with E-state index >= 15 is 0 Å². The number of rotatable bonds is 4. The third-order valence-electron chi connectivity index (χ3n) is 3.01. The normalized spacial score (nSPS) is 17.9. The molecule has 1 atom stereocenters. The first kappa shape index (κ1) is 11.7. The SMILES string of the molecule is Cc1nc(CCNC2CSc3ccccc32)no1. The molecule has 94 valence electrons. The Morgan fingerprint density at radius 1 is 1.44 bits per heavy atom. The first-order chi connectivity index (χ1) is 8.83. The molecule has 3 rings (SSSR count). The third kappa shape index (κ3) is 2.42. The fourth-order valence-electron chi connectivity index (χ4n) is 2.13. The van der Waals surface area contributed by atoms with Crippen LogP contribution in [0, 0.1) is 6.92 Å². The molecule has 2 heterocycles. The van der Waals surface area contributed by atoms with Gasteiger partial charge < -0.3 is 9.84 Å². The van der Waals surface area contributed by atoms with Gasteiger partial charge in [-0.2, -0.15) is 4.98 Å². The summed E-state index contributed by atoms with van der Waals surface area (Å²) in [5.74, 6) is 2.51. The average Bonchev–Trinajstić information content (AvgIpc) is 2.97. The lowest BCUT2D eigenvalue weighted by Crippen LogP contribution is -2.23. The summed E-state index contributed by atoms with van der Waals surface area (Å²) in [5.41, 5.74) is 1.41. The van der Waals surface area contributed by atoms with E-state index in [1.165, 1.54) is 10.5 Å². The van der Waals surface area contributed by atoms with Gasteiger partial charge in [-0.05, 0) is 11.6 Å². The van der Waals surface area contributed by atoms with Gasteiger partial charge in [-0.25, -0.2) is 0 Å². The number of fused-ring (bicyclic) bond motifs is 1. The zero-order valence-electron chi connectivity index (χ0n) is 10.2. The molecule has 1 unspecified atom stereocenters. The first-order valence-corrected chi connectivity index (χ1v) is 7.06. The summed E-state index contributed by atoms with van der Waals surface area (Å²) in [6.45, 7) is 2.69. The highest BCUT2D eigenvalue weighted by Gasteiger charge is 2.21. The highest BCUT2D eigenvalue weighted by atomic mass is 32.2. The molecule has 1 aromatic heterocycles. The van der Waals surface area contributed by atoms with Crippen molar-refractivity contribution in [2.45, 2.75) is 24.3 Å². The minimum Gasteiger partial charge on any atom is -0.340 e. The molecule has 0 radical (unpaired) electrons. The van der Waals surface area contributed by atoms with Crippen molar-refractivity contribution < 1.29 is 4.52 Å². The number of aromatic nitrogens is 2. The van der Waals surface area contributed by atoms with Gasteiger partial charge in [0.05, 0.1) is 0 Å². The van der Waals surface area contributed by atoms with Crippen molar-refractivity contribution in [1.82, 2.24) is 15.5 Å². The Kier molecular flexibility index (Phi) is 3.34. The molecule has 18 heavy (non-hydrogen) atoms. The topological polar surface area (TPSA) is 51.0 Å². The Balaban J connectivity index is 1.56. The summed E-state index contributed by atoms with van der Waals surface area (Å²) in [4.78, 5) is 5.59. The lowest BCUT2D eigenvalue weighted by Gasteiger charge is -2.11. The summed E-state index contributed by atoms with van der Waals surface area (Å²) < 4.78 is 4.95. The van der Waals surface area contributed by atoms with Gasteiger partial charge >= 0.3 is 0 Å². The highest BCUT2D eigenvalue weighted by molar-refractivity contribution is 7.99. The predicted octanol–water partition coefficient (Wildman–Crippen LogP) is 2.36. The van der Waals surface area contributed by atoms with E-state index in [-0.39, 0.29) is 0 Å². The molecule has 0 saturated carbocycles. The van der Waals surface area contributed by atoms with E-state index in [0.717, 1.165) is 24.5 Å². The molecular weight excluding hydrogens is 246 g/mol. The van der Waals surface area contributed by atoms with E-state index in [2.05, 4.69) is 39.7 Å². The first-order valence-electron chi connectivity index (χ1n) is 6.07. The standard InChI is InChI=1S/C13H15N3OS/c1-9-15-13(16-17-9)6-7-14-11-8-18-12-5-3-2-4-10(11)12/h2-5,11,14H,6-8H2,1H3. The van der Waals surface area contributed by atoms with Crippen LogP contribution in [0.2, 0.25) is 0 Å². The maximum absolute atomic E-state index is 4.95. The summed E-state index contributed by atoms with van der Waals surface area (Å²) in [6.07, 6.45) is 0.806. The highest BCUT2D eigenvalue weighted by Crippen LogP contribution is 2.37. The van der Waals surface area contributed by atoms with Crippen molar-refractivity contribution in [2.24, 2.45) is 0 Å². The van der Waals surface area contributed by atoms with Crippen molar-refractivity contribution in [3.05, 3.63) is 41.5 Å². The molecule has 0 bridgehead atoms. The molecule has 0 spiro atoms. The summed E-state index contributed by atoms with van der Waals surface area (Å²) in [5, 5.41) is 7.45. The molecule has 1 N–H and O–H groups in total. The number of nitrogens with one attached hydrogen (secondary N) is 1. The van der Waals surface area contributed by atoms with E-state index in [4.69, 9.17) is 4.52 Å². The van der Waals surface area contributed by atoms with Crippen LogP contribution in [0.25, 0.3) is 0 Å². The van der Waals surface area contributed by atoms with Crippen LogP contribution in [0.1, 0.15) is 23.3 Å². The summed E-state index contributed by atoms with van der Waals surface area (Å²) in [7, 11) is 0. The molecule has 5 heteroatoms. The van der Waals surface area contributed by atoms with Gasteiger partial charge in [-0.15, -0.1) is 11.8 Å². The van der Waals surface area contributed by atoms with E-state index < -0.39 is 0 Å². The van der Waals surface area contributed by atoms with Crippen molar-refractivity contribution >= 4 is 11.8 Å². The molecule has 0 amide bonds. The number of nitrogens with zero attached hydrogens (tertiary/aromatic N) is 2.